The molecule has 0 aliphatic heterocycles. The molecule has 5 rings (SSSR count). The van der Waals surface area contributed by atoms with Crippen molar-refractivity contribution in [2.45, 2.75) is 26.2 Å². The number of methoxy groups -OCH3 is 1. The second-order valence-corrected chi connectivity index (χ2v) is 9.50. The summed E-state index contributed by atoms with van der Waals surface area (Å²) in [6, 6.07) is 5.66. The zero-order valence-electron chi connectivity index (χ0n) is 20.2. The molecular formula is C26H20F2N6O3S. The Kier molecular flexibility index (Phi) is 6.93. The first kappa shape index (κ1) is 25.2. The lowest BCUT2D eigenvalue weighted by Crippen LogP contribution is -2.19. The Bertz CT molecular complexity index is 1650. The minimum atomic E-state index is -2.85. The fourth-order valence-electron chi connectivity index (χ4n) is 3.58. The highest BCUT2D eigenvalue weighted by Crippen LogP contribution is 2.35. The Labute approximate surface area is 219 Å². The van der Waals surface area contributed by atoms with Crippen molar-refractivity contribution in [2.75, 3.05) is 12.4 Å². The number of alkyl halides is 2. The highest BCUT2D eigenvalue weighted by molar-refractivity contribution is 7.15. The Balaban J connectivity index is 1.59. The fourth-order valence-corrected chi connectivity index (χ4v) is 4.18. The van der Waals surface area contributed by atoms with Gasteiger partial charge in [0.15, 0.2) is 5.01 Å². The number of ether oxygens (including phenoxy) is 1. The van der Waals surface area contributed by atoms with Crippen LogP contribution in [0.25, 0.3) is 16.9 Å². The van der Waals surface area contributed by atoms with E-state index in [2.05, 4.69) is 37.3 Å². The maximum atomic E-state index is 13.5. The number of hydrogen-bond acceptors (Lipinski definition) is 8. The summed E-state index contributed by atoms with van der Waals surface area (Å²) in [4.78, 5) is 34.0. The van der Waals surface area contributed by atoms with Crippen LogP contribution < -0.4 is 15.6 Å². The van der Waals surface area contributed by atoms with Gasteiger partial charge >= 0.3 is 0 Å². The van der Waals surface area contributed by atoms with Crippen LogP contribution in [0.4, 0.5) is 13.9 Å². The number of pyridine rings is 3. The zero-order valence-corrected chi connectivity index (χ0v) is 21.1. The molecule has 1 N–H and O–H groups in total. The largest absolute Gasteiger partial charge is 0.494 e. The summed E-state index contributed by atoms with van der Waals surface area (Å²) in [5.74, 6) is 6.17. The van der Waals surface area contributed by atoms with Gasteiger partial charge in [-0.1, -0.05) is 23.3 Å². The van der Waals surface area contributed by atoms with Crippen molar-refractivity contribution in [2.24, 2.45) is 5.92 Å². The number of carbonyl (C=O) groups is 1. The molecule has 0 saturated heterocycles. The smallest absolute Gasteiger partial charge is 0.280 e. The molecule has 192 valence electrons. The molecule has 0 bridgehead atoms. The van der Waals surface area contributed by atoms with Crippen molar-refractivity contribution in [1.82, 2.24) is 24.7 Å². The molecule has 0 aromatic carbocycles. The predicted octanol–water partition coefficient (Wildman–Crippen LogP) is 4.41. The van der Waals surface area contributed by atoms with E-state index in [-0.39, 0.29) is 38.9 Å². The molecule has 1 amide bonds. The molecule has 9 nitrogen and oxygen atoms in total. The van der Waals surface area contributed by atoms with Crippen molar-refractivity contribution in [3.8, 4) is 34.5 Å². The molecule has 4 aromatic heterocycles. The topological polar surface area (TPSA) is 112 Å². The molecule has 0 radical (unpaired) electrons. The minimum absolute atomic E-state index is 0.0417. The SMILES string of the molecule is COc1cnc(C(F)F)cc1-c1cc(-n2cc(C)ccc2=O)ncc1C(=O)Nc1nnc(C#CC2CC2)s1. The number of anilines is 1. The first-order valence-electron chi connectivity index (χ1n) is 11.5. The third-order valence-electron chi connectivity index (χ3n) is 5.67. The van der Waals surface area contributed by atoms with Crippen LogP contribution in [0.3, 0.4) is 0 Å². The first-order chi connectivity index (χ1) is 18.3. The van der Waals surface area contributed by atoms with E-state index in [9.17, 15) is 18.4 Å². The Morgan fingerprint density at radius 1 is 1.18 bits per heavy atom. The van der Waals surface area contributed by atoms with E-state index in [1.54, 1.807) is 12.3 Å². The van der Waals surface area contributed by atoms with Crippen molar-refractivity contribution < 1.29 is 18.3 Å². The predicted molar refractivity (Wildman–Crippen MR) is 137 cm³/mol. The van der Waals surface area contributed by atoms with Gasteiger partial charge in [0.1, 0.15) is 17.3 Å². The van der Waals surface area contributed by atoms with Crippen LogP contribution in [0.5, 0.6) is 5.75 Å². The summed E-state index contributed by atoms with van der Waals surface area (Å²) in [7, 11) is 1.36. The summed E-state index contributed by atoms with van der Waals surface area (Å²) in [6.07, 6.45) is 3.31. The summed E-state index contributed by atoms with van der Waals surface area (Å²) in [6.45, 7) is 1.81. The number of amides is 1. The molecule has 1 saturated carbocycles. The minimum Gasteiger partial charge on any atom is -0.494 e. The van der Waals surface area contributed by atoms with Crippen LogP contribution in [0.1, 0.15) is 45.9 Å². The molecule has 4 heterocycles. The van der Waals surface area contributed by atoms with Crippen LogP contribution >= 0.6 is 11.3 Å². The van der Waals surface area contributed by atoms with Crippen molar-refractivity contribution >= 4 is 22.4 Å². The number of nitrogens with zero attached hydrogens (tertiary/aromatic N) is 5. The molecule has 0 unspecified atom stereocenters. The number of carbonyl (C=O) groups excluding carboxylic acids is 1. The van der Waals surface area contributed by atoms with Gasteiger partial charge in [-0.3, -0.25) is 24.5 Å². The molecule has 1 aliphatic carbocycles. The highest BCUT2D eigenvalue weighted by atomic mass is 32.1. The van der Waals surface area contributed by atoms with Crippen LogP contribution in [0, 0.1) is 24.7 Å². The number of halogens is 2. The van der Waals surface area contributed by atoms with E-state index in [1.165, 1.54) is 30.0 Å². The van der Waals surface area contributed by atoms with Crippen LogP contribution in [-0.2, 0) is 0 Å². The number of aromatic nitrogens is 5. The number of rotatable bonds is 6. The van der Waals surface area contributed by atoms with Gasteiger partial charge in [-0.05, 0) is 43.4 Å². The van der Waals surface area contributed by atoms with E-state index in [0.29, 0.717) is 10.9 Å². The third-order valence-corrected chi connectivity index (χ3v) is 6.42. The van der Waals surface area contributed by atoms with Gasteiger partial charge in [0.2, 0.25) is 5.13 Å². The number of hydrogen-bond donors (Lipinski definition) is 1. The Morgan fingerprint density at radius 2 is 2.00 bits per heavy atom. The van der Waals surface area contributed by atoms with Gasteiger partial charge in [0, 0.05) is 35.5 Å². The molecule has 12 heteroatoms. The summed E-state index contributed by atoms with van der Waals surface area (Å²) >= 11 is 1.12. The van der Waals surface area contributed by atoms with Gasteiger partial charge in [-0.15, -0.1) is 10.2 Å². The monoisotopic (exact) mass is 534 g/mol. The lowest BCUT2D eigenvalue weighted by atomic mass is 10.00. The van der Waals surface area contributed by atoms with Gasteiger partial charge in [0.05, 0.1) is 18.9 Å². The zero-order chi connectivity index (χ0) is 26.8. The summed E-state index contributed by atoms with van der Waals surface area (Å²) < 4.78 is 33.8. The van der Waals surface area contributed by atoms with Crippen molar-refractivity contribution in [3.05, 3.63) is 75.0 Å². The molecule has 0 atom stereocenters. The second kappa shape index (κ2) is 10.5. The van der Waals surface area contributed by atoms with Gasteiger partial charge in [-0.25, -0.2) is 13.8 Å². The van der Waals surface area contributed by atoms with E-state index >= 15 is 0 Å². The number of nitrogens with one attached hydrogen (secondary N) is 1. The van der Waals surface area contributed by atoms with Crippen LogP contribution in [-0.4, -0.2) is 37.7 Å². The lowest BCUT2D eigenvalue weighted by molar-refractivity contribution is 0.102. The van der Waals surface area contributed by atoms with E-state index in [1.807, 2.05) is 6.92 Å². The van der Waals surface area contributed by atoms with E-state index < -0.39 is 18.0 Å². The molecule has 1 aliphatic rings. The molecule has 1 fully saturated rings. The number of aryl methyl sites for hydroxylation is 1. The summed E-state index contributed by atoms with van der Waals surface area (Å²) in [5, 5.41) is 11.3. The average Bonchev–Trinajstić information content (AvgIpc) is 3.65. The first-order valence-corrected chi connectivity index (χ1v) is 12.3. The lowest BCUT2D eigenvalue weighted by Gasteiger charge is -2.15. The summed E-state index contributed by atoms with van der Waals surface area (Å²) in [5.41, 5.74) is 0.380. The molecular weight excluding hydrogens is 514 g/mol. The fraction of sp³-hybridized carbons (Fsp3) is 0.231. The van der Waals surface area contributed by atoms with Gasteiger partial charge < -0.3 is 4.74 Å². The standard InChI is InChI=1S/C26H20F2N6O3S/c1-14-3-8-23(35)34(13-14)21-10-16(17-9-19(24(27)28)29-12-20(17)37-2)18(11-30-21)25(36)31-26-33-32-22(38-26)7-6-15-4-5-15/h3,8-13,15,24H,4-5H2,1-2H3,(H,31,33,36). The molecule has 0 spiro atoms. The Morgan fingerprint density at radius 3 is 2.74 bits per heavy atom. The van der Waals surface area contributed by atoms with Gasteiger partial charge in [-0.2, -0.15) is 0 Å². The van der Waals surface area contributed by atoms with Crippen LogP contribution in [0.15, 0.2) is 47.7 Å². The van der Waals surface area contributed by atoms with Crippen LogP contribution in [0.2, 0.25) is 0 Å². The quantitative estimate of drug-likeness (QED) is 0.365. The maximum Gasteiger partial charge on any atom is 0.280 e. The third kappa shape index (κ3) is 5.42. The maximum absolute atomic E-state index is 13.5. The van der Waals surface area contributed by atoms with E-state index in [4.69, 9.17) is 4.74 Å². The van der Waals surface area contributed by atoms with Gasteiger partial charge in [0.25, 0.3) is 17.9 Å². The molecule has 4 aromatic rings. The average molecular weight is 535 g/mol. The normalized spacial score (nSPS) is 12.7. The Hall–Kier alpha value is -4.50. The highest BCUT2D eigenvalue weighted by Gasteiger charge is 2.22. The second-order valence-electron chi connectivity index (χ2n) is 8.52. The molecule has 38 heavy (non-hydrogen) atoms. The van der Waals surface area contributed by atoms with Crippen molar-refractivity contribution in [1.29, 1.82) is 0 Å². The van der Waals surface area contributed by atoms with E-state index in [0.717, 1.165) is 42.0 Å². The van der Waals surface area contributed by atoms with Crippen molar-refractivity contribution in [3.63, 3.8) is 0 Å².